The Bertz CT molecular complexity index is 1240. The molecule has 0 aliphatic rings. The number of nitrogens with one attached hydrogen (secondary N) is 2. The molecule has 1 aromatic carbocycles. The number of aryl methyl sites for hydroxylation is 3. The van der Waals surface area contributed by atoms with Gasteiger partial charge in [-0.15, -0.1) is 0 Å². The van der Waals surface area contributed by atoms with E-state index in [4.69, 9.17) is 8.83 Å². The van der Waals surface area contributed by atoms with Crippen molar-refractivity contribution in [2.24, 2.45) is 0 Å². The lowest BCUT2D eigenvalue weighted by Crippen LogP contribution is -2.41. The molecule has 0 unspecified atom stereocenters. The Hall–Kier alpha value is -3.87. The summed E-state index contributed by atoms with van der Waals surface area (Å²) in [5, 5.41) is 0.668. The molecule has 7 nitrogen and oxygen atoms in total. The zero-order chi connectivity index (χ0) is 20.5. The number of pyridine rings is 1. The average molecular weight is 389 g/mol. The smallest absolute Gasteiger partial charge is 0.273 e. The molecule has 4 rings (SSSR count). The first-order chi connectivity index (χ1) is 13.9. The Morgan fingerprint density at radius 3 is 2.21 bits per heavy atom. The fraction of sp³-hybridized carbons (Fsp3) is 0.136. The maximum atomic E-state index is 12.9. The molecule has 2 N–H and O–H groups in total. The minimum Gasteiger partial charge on any atom is -0.466 e. The monoisotopic (exact) mass is 389 g/mol. The molecule has 0 saturated carbocycles. The number of rotatable bonds is 3. The van der Waals surface area contributed by atoms with E-state index in [-0.39, 0.29) is 0 Å². The lowest BCUT2D eigenvalue weighted by atomic mass is 10.1. The molecule has 3 aromatic heterocycles. The molecule has 0 radical (unpaired) electrons. The number of fused-ring (bicyclic) bond motifs is 1. The number of carbonyl (C=O) groups excluding carboxylic acids is 2. The SMILES string of the molecule is Cc1ccc(-c2cc(C(=O)NNC(=O)c3cc(C)oc3C)c3ccccc3n2)o1. The lowest BCUT2D eigenvalue weighted by Gasteiger charge is -2.10. The molecule has 29 heavy (non-hydrogen) atoms. The van der Waals surface area contributed by atoms with Gasteiger partial charge in [0.05, 0.1) is 16.6 Å². The van der Waals surface area contributed by atoms with E-state index in [0.717, 1.165) is 5.76 Å². The highest BCUT2D eigenvalue weighted by Crippen LogP contribution is 2.26. The molecule has 7 heteroatoms. The second kappa shape index (κ2) is 7.27. The van der Waals surface area contributed by atoms with Crippen molar-refractivity contribution >= 4 is 22.7 Å². The first-order valence-electron chi connectivity index (χ1n) is 9.06. The summed E-state index contributed by atoms with van der Waals surface area (Å²) in [6.45, 7) is 5.29. The third-order valence-electron chi connectivity index (χ3n) is 4.53. The highest BCUT2D eigenvalue weighted by atomic mass is 16.3. The van der Waals surface area contributed by atoms with Crippen LogP contribution in [0.25, 0.3) is 22.4 Å². The topological polar surface area (TPSA) is 97.4 Å². The molecule has 0 aliphatic carbocycles. The minimum atomic E-state index is -0.459. The van der Waals surface area contributed by atoms with Crippen molar-refractivity contribution in [2.45, 2.75) is 20.8 Å². The number of furan rings is 2. The van der Waals surface area contributed by atoms with Gasteiger partial charge in [-0.1, -0.05) is 18.2 Å². The normalized spacial score (nSPS) is 10.9. The number of para-hydroxylation sites is 1. The zero-order valence-corrected chi connectivity index (χ0v) is 16.2. The Kier molecular flexibility index (Phi) is 4.64. The van der Waals surface area contributed by atoms with Crippen LogP contribution in [0.1, 0.15) is 38.0 Å². The van der Waals surface area contributed by atoms with Gasteiger partial charge in [-0.3, -0.25) is 20.4 Å². The second-order valence-corrected chi connectivity index (χ2v) is 6.72. The molecular formula is C22H19N3O4. The molecule has 146 valence electrons. The van der Waals surface area contributed by atoms with Crippen LogP contribution in [0.4, 0.5) is 0 Å². The number of benzene rings is 1. The molecule has 0 aliphatic heterocycles. The van der Waals surface area contributed by atoms with Crippen LogP contribution in [0.15, 0.2) is 57.4 Å². The Morgan fingerprint density at radius 2 is 1.55 bits per heavy atom. The Balaban J connectivity index is 1.64. The van der Waals surface area contributed by atoms with Crippen LogP contribution >= 0.6 is 0 Å². The number of hydrazine groups is 1. The number of amides is 2. The summed E-state index contributed by atoms with van der Waals surface area (Å²) < 4.78 is 11.0. The quantitative estimate of drug-likeness (QED) is 0.515. The third kappa shape index (κ3) is 3.62. The molecule has 0 fully saturated rings. The van der Waals surface area contributed by atoms with Crippen LogP contribution in [0.5, 0.6) is 0 Å². The van der Waals surface area contributed by atoms with Gasteiger partial charge >= 0.3 is 0 Å². The molecule has 3 heterocycles. The summed E-state index contributed by atoms with van der Waals surface area (Å²) in [7, 11) is 0. The van der Waals surface area contributed by atoms with Gasteiger partial charge in [0.2, 0.25) is 0 Å². The van der Waals surface area contributed by atoms with Crippen LogP contribution in [0, 0.1) is 20.8 Å². The zero-order valence-electron chi connectivity index (χ0n) is 16.2. The van der Waals surface area contributed by atoms with Crippen LogP contribution in [-0.4, -0.2) is 16.8 Å². The van der Waals surface area contributed by atoms with Gasteiger partial charge in [-0.2, -0.15) is 0 Å². The number of carbonyl (C=O) groups is 2. The summed E-state index contributed by atoms with van der Waals surface area (Å²) in [5.41, 5.74) is 6.84. The van der Waals surface area contributed by atoms with Crippen LogP contribution < -0.4 is 10.9 Å². The van der Waals surface area contributed by atoms with Crippen molar-refractivity contribution in [3.63, 3.8) is 0 Å². The molecule has 4 aromatic rings. The van der Waals surface area contributed by atoms with E-state index in [1.54, 1.807) is 38.1 Å². The summed E-state index contributed by atoms with van der Waals surface area (Å²) in [4.78, 5) is 29.8. The first kappa shape index (κ1) is 18.5. The van der Waals surface area contributed by atoms with Crippen molar-refractivity contribution in [3.05, 3.63) is 76.9 Å². The lowest BCUT2D eigenvalue weighted by molar-refractivity contribution is 0.0846. The molecule has 0 bridgehead atoms. The van der Waals surface area contributed by atoms with E-state index < -0.39 is 11.8 Å². The predicted molar refractivity (Wildman–Crippen MR) is 107 cm³/mol. The van der Waals surface area contributed by atoms with Crippen LogP contribution in [0.3, 0.4) is 0 Å². The van der Waals surface area contributed by atoms with E-state index in [9.17, 15) is 9.59 Å². The largest absolute Gasteiger partial charge is 0.466 e. The van der Waals surface area contributed by atoms with Crippen LogP contribution in [-0.2, 0) is 0 Å². The van der Waals surface area contributed by atoms with E-state index in [1.807, 2.05) is 31.2 Å². The van der Waals surface area contributed by atoms with E-state index >= 15 is 0 Å². The molecular weight excluding hydrogens is 370 g/mol. The summed E-state index contributed by atoms with van der Waals surface area (Å²) in [6, 6.07) is 14.2. The van der Waals surface area contributed by atoms with Crippen molar-refractivity contribution in [2.75, 3.05) is 0 Å². The van der Waals surface area contributed by atoms with E-state index in [0.29, 0.717) is 45.0 Å². The highest BCUT2D eigenvalue weighted by Gasteiger charge is 2.18. The number of hydrogen-bond acceptors (Lipinski definition) is 5. The van der Waals surface area contributed by atoms with Gasteiger partial charge in [0.25, 0.3) is 11.8 Å². The fourth-order valence-electron chi connectivity index (χ4n) is 3.17. The second-order valence-electron chi connectivity index (χ2n) is 6.72. The molecule has 0 spiro atoms. The van der Waals surface area contributed by atoms with Crippen molar-refractivity contribution < 1.29 is 18.4 Å². The first-order valence-corrected chi connectivity index (χ1v) is 9.06. The maximum absolute atomic E-state index is 12.9. The Morgan fingerprint density at radius 1 is 0.828 bits per heavy atom. The van der Waals surface area contributed by atoms with Gasteiger partial charge in [-0.25, -0.2) is 4.98 Å². The summed E-state index contributed by atoms with van der Waals surface area (Å²) >= 11 is 0. The molecule has 0 saturated heterocycles. The minimum absolute atomic E-state index is 0.370. The number of nitrogens with zero attached hydrogens (tertiary/aromatic N) is 1. The van der Waals surface area contributed by atoms with Crippen LogP contribution in [0.2, 0.25) is 0 Å². The highest BCUT2D eigenvalue weighted by molar-refractivity contribution is 6.08. The summed E-state index contributed by atoms with van der Waals surface area (Å²) in [6.07, 6.45) is 0. The van der Waals surface area contributed by atoms with Crippen molar-refractivity contribution in [1.29, 1.82) is 0 Å². The standard InChI is InChI=1S/C22H19N3O4/c1-12-8-9-20(29-12)19-11-17(15-6-4-5-7-18(15)23-19)22(27)25-24-21(26)16-10-13(2)28-14(16)3/h4-11H,1-3H3,(H,24,26)(H,25,27). The van der Waals surface area contributed by atoms with Gasteiger partial charge in [0.1, 0.15) is 23.0 Å². The van der Waals surface area contributed by atoms with Gasteiger partial charge < -0.3 is 8.83 Å². The van der Waals surface area contributed by atoms with Gasteiger partial charge in [0.15, 0.2) is 5.76 Å². The van der Waals surface area contributed by atoms with Crippen molar-refractivity contribution in [3.8, 4) is 11.5 Å². The van der Waals surface area contributed by atoms with Gasteiger partial charge in [0, 0.05) is 5.39 Å². The molecule has 2 amide bonds. The maximum Gasteiger partial charge on any atom is 0.273 e. The third-order valence-corrected chi connectivity index (χ3v) is 4.53. The molecule has 0 atom stereocenters. The Labute approximate surface area is 166 Å². The predicted octanol–water partition coefficient (Wildman–Crippen LogP) is 4.09. The van der Waals surface area contributed by atoms with E-state index in [2.05, 4.69) is 15.8 Å². The number of hydrogen-bond donors (Lipinski definition) is 2. The summed E-state index contributed by atoms with van der Waals surface area (Å²) in [5.74, 6) is 1.51. The average Bonchev–Trinajstić information content (AvgIpc) is 3.29. The van der Waals surface area contributed by atoms with Gasteiger partial charge in [-0.05, 0) is 51.1 Å². The number of aromatic nitrogens is 1. The van der Waals surface area contributed by atoms with E-state index in [1.165, 1.54) is 0 Å². The van der Waals surface area contributed by atoms with Crippen molar-refractivity contribution in [1.82, 2.24) is 15.8 Å². The fourth-order valence-corrected chi connectivity index (χ4v) is 3.17.